The fourth-order valence-electron chi connectivity index (χ4n) is 4.47. The van der Waals surface area contributed by atoms with E-state index in [2.05, 4.69) is 49.5 Å². The van der Waals surface area contributed by atoms with Crippen molar-refractivity contribution >= 4 is 5.97 Å². The standard InChI is InChI=1S/C33H32N2O4/c1-33(2,19-27-10-6-7-11-30(27)24-8-4-3-5-9-24)35-21-29(36)22-39-31-18-26(16-17-28(31)20-34)23-12-14-25(15-13-23)32(37)38/h3-18,29,35-36H,19,21-22H2,1-2H3,(H,37,38). The summed E-state index contributed by atoms with van der Waals surface area (Å²) in [4.78, 5) is 11.1. The smallest absolute Gasteiger partial charge is 0.335 e. The highest BCUT2D eigenvalue weighted by molar-refractivity contribution is 5.88. The minimum Gasteiger partial charge on any atom is -0.489 e. The van der Waals surface area contributed by atoms with Crippen LogP contribution in [0.1, 0.15) is 35.3 Å². The summed E-state index contributed by atoms with van der Waals surface area (Å²) in [6.45, 7) is 4.54. The first-order chi connectivity index (χ1) is 18.8. The van der Waals surface area contributed by atoms with Crippen molar-refractivity contribution in [2.75, 3.05) is 13.2 Å². The fourth-order valence-corrected chi connectivity index (χ4v) is 4.47. The van der Waals surface area contributed by atoms with Crippen LogP contribution in [0, 0.1) is 11.3 Å². The molecule has 0 aliphatic carbocycles. The summed E-state index contributed by atoms with van der Waals surface area (Å²) < 4.78 is 5.87. The summed E-state index contributed by atoms with van der Waals surface area (Å²) in [5.41, 5.74) is 5.44. The summed E-state index contributed by atoms with van der Waals surface area (Å²) >= 11 is 0. The number of aromatic carboxylic acids is 1. The van der Waals surface area contributed by atoms with E-state index in [4.69, 9.17) is 9.84 Å². The van der Waals surface area contributed by atoms with Crippen LogP contribution in [0.15, 0.2) is 97.1 Å². The van der Waals surface area contributed by atoms with E-state index >= 15 is 0 Å². The van der Waals surface area contributed by atoms with Crippen molar-refractivity contribution in [2.45, 2.75) is 31.9 Å². The third-order valence-corrected chi connectivity index (χ3v) is 6.55. The van der Waals surface area contributed by atoms with Crippen LogP contribution >= 0.6 is 0 Å². The number of benzene rings is 4. The second-order valence-electron chi connectivity index (χ2n) is 10.1. The van der Waals surface area contributed by atoms with E-state index in [1.54, 1.807) is 30.3 Å². The molecule has 0 radical (unpaired) electrons. The minimum atomic E-state index is -0.989. The van der Waals surface area contributed by atoms with Crippen molar-refractivity contribution < 1.29 is 19.7 Å². The molecule has 0 aliphatic rings. The van der Waals surface area contributed by atoms with E-state index in [9.17, 15) is 15.2 Å². The third-order valence-electron chi connectivity index (χ3n) is 6.55. The van der Waals surface area contributed by atoms with Crippen LogP contribution in [0.5, 0.6) is 5.75 Å². The average Bonchev–Trinajstić information content (AvgIpc) is 2.95. The Labute approximate surface area is 229 Å². The number of hydrogen-bond donors (Lipinski definition) is 3. The Balaban J connectivity index is 1.37. The Hall–Kier alpha value is -4.44. The Kier molecular flexibility index (Phi) is 8.77. The third kappa shape index (κ3) is 7.32. The number of β-amino-alcohol motifs (C(OH)–C–C–N with tert-alkyl or cyclic N) is 1. The fraction of sp³-hybridized carbons (Fsp3) is 0.212. The predicted octanol–water partition coefficient (Wildman–Crippen LogP) is 5.94. The van der Waals surface area contributed by atoms with E-state index < -0.39 is 12.1 Å². The number of aliphatic hydroxyl groups excluding tert-OH is 1. The van der Waals surface area contributed by atoms with E-state index in [1.165, 1.54) is 28.8 Å². The van der Waals surface area contributed by atoms with Gasteiger partial charge in [-0.15, -0.1) is 0 Å². The topological polar surface area (TPSA) is 103 Å². The van der Waals surface area contributed by atoms with Gasteiger partial charge in [0.2, 0.25) is 0 Å². The first kappa shape index (κ1) is 27.6. The first-order valence-electron chi connectivity index (χ1n) is 12.8. The molecule has 0 fully saturated rings. The van der Waals surface area contributed by atoms with Gasteiger partial charge in [-0.2, -0.15) is 5.26 Å². The average molecular weight is 521 g/mol. The monoisotopic (exact) mass is 520 g/mol. The van der Waals surface area contributed by atoms with Crippen molar-refractivity contribution in [3.63, 3.8) is 0 Å². The molecule has 0 saturated heterocycles. The molecular formula is C33H32N2O4. The molecule has 4 aromatic carbocycles. The van der Waals surface area contributed by atoms with Crippen LogP contribution in [0.25, 0.3) is 22.3 Å². The highest BCUT2D eigenvalue weighted by atomic mass is 16.5. The molecule has 6 heteroatoms. The lowest BCUT2D eigenvalue weighted by atomic mass is 9.89. The van der Waals surface area contributed by atoms with E-state index in [0.717, 1.165) is 17.5 Å². The van der Waals surface area contributed by atoms with Crippen LogP contribution in [0.2, 0.25) is 0 Å². The van der Waals surface area contributed by atoms with Gasteiger partial charge in [0.1, 0.15) is 24.5 Å². The van der Waals surface area contributed by atoms with Crippen molar-refractivity contribution in [3.8, 4) is 34.1 Å². The summed E-state index contributed by atoms with van der Waals surface area (Å²) in [7, 11) is 0. The quantitative estimate of drug-likeness (QED) is 0.226. The van der Waals surface area contributed by atoms with Crippen LogP contribution in [-0.2, 0) is 6.42 Å². The lowest BCUT2D eigenvalue weighted by molar-refractivity contribution is 0.0697. The SMILES string of the molecule is CC(C)(Cc1ccccc1-c1ccccc1)NCC(O)COc1cc(-c2ccc(C(=O)O)cc2)ccc1C#N. The second kappa shape index (κ2) is 12.4. The molecule has 0 aliphatic heterocycles. The second-order valence-corrected chi connectivity index (χ2v) is 10.1. The van der Waals surface area contributed by atoms with Crippen LogP contribution in [0.3, 0.4) is 0 Å². The highest BCUT2D eigenvalue weighted by Crippen LogP contribution is 2.28. The molecule has 198 valence electrons. The zero-order chi connectivity index (χ0) is 27.8. The molecule has 6 nitrogen and oxygen atoms in total. The van der Waals surface area contributed by atoms with E-state index in [1.807, 2.05) is 30.3 Å². The van der Waals surface area contributed by atoms with Gasteiger partial charge >= 0.3 is 5.97 Å². The Bertz CT molecular complexity index is 1460. The van der Waals surface area contributed by atoms with Gasteiger partial charge in [-0.1, -0.05) is 72.8 Å². The van der Waals surface area contributed by atoms with Crippen LogP contribution in [-0.4, -0.2) is 41.0 Å². The lowest BCUT2D eigenvalue weighted by Crippen LogP contribution is -2.46. The van der Waals surface area contributed by atoms with Crippen molar-refractivity contribution in [3.05, 3.63) is 114 Å². The molecule has 0 aromatic heterocycles. The number of ether oxygens (including phenoxy) is 1. The van der Waals surface area contributed by atoms with Crippen molar-refractivity contribution in [2.24, 2.45) is 0 Å². The normalized spacial score (nSPS) is 11.9. The van der Waals surface area contributed by atoms with Gasteiger partial charge in [0.05, 0.1) is 11.1 Å². The number of nitrogens with one attached hydrogen (secondary N) is 1. The van der Waals surface area contributed by atoms with Crippen molar-refractivity contribution in [1.82, 2.24) is 5.32 Å². The summed E-state index contributed by atoms with van der Waals surface area (Å²) in [5, 5.41) is 32.8. The van der Waals surface area contributed by atoms with Crippen molar-refractivity contribution in [1.29, 1.82) is 5.26 Å². The van der Waals surface area contributed by atoms with Gasteiger partial charge in [-0.25, -0.2) is 4.79 Å². The summed E-state index contributed by atoms with van der Waals surface area (Å²) in [6, 6.07) is 32.5. The maximum Gasteiger partial charge on any atom is 0.335 e. The molecule has 0 heterocycles. The zero-order valence-electron chi connectivity index (χ0n) is 22.1. The largest absolute Gasteiger partial charge is 0.489 e. The molecule has 0 bridgehead atoms. The molecule has 4 rings (SSSR count). The Morgan fingerprint density at radius 3 is 2.28 bits per heavy atom. The lowest BCUT2D eigenvalue weighted by Gasteiger charge is -2.29. The van der Waals surface area contributed by atoms with Crippen LogP contribution < -0.4 is 10.1 Å². The number of aliphatic hydroxyl groups is 1. The summed E-state index contributed by atoms with van der Waals surface area (Å²) in [6.07, 6.45) is -0.0221. The molecule has 4 aromatic rings. The van der Waals surface area contributed by atoms with Gasteiger partial charge in [-0.05, 0) is 72.4 Å². The molecule has 3 N–H and O–H groups in total. The molecule has 0 spiro atoms. The van der Waals surface area contributed by atoms with Gasteiger partial charge in [-0.3, -0.25) is 0 Å². The van der Waals surface area contributed by atoms with Gasteiger partial charge < -0.3 is 20.3 Å². The van der Waals surface area contributed by atoms with E-state index in [0.29, 0.717) is 17.9 Å². The number of rotatable bonds is 11. The first-order valence-corrected chi connectivity index (χ1v) is 12.8. The minimum absolute atomic E-state index is 0.0137. The number of nitrogens with zero attached hydrogens (tertiary/aromatic N) is 1. The van der Waals surface area contributed by atoms with Gasteiger partial charge in [0.15, 0.2) is 0 Å². The van der Waals surface area contributed by atoms with Gasteiger partial charge in [0, 0.05) is 12.1 Å². The molecule has 0 saturated carbocycles. The maximum absolute atomic E-state index is 11.1. The number of hydrogen-bond acceptors (Lipinski definition) is 5. The number of carboxylic acid groups (broad SMARTS) is 1. The Morgan fingerprint density at radius 1 is 0.923 bits per heavy atom. The number of carboxylic acids is 1. The summed E-state index contributed by atoms with van der Waals surface area (Å²) in [5.74, 6) is -0.621. The number of carbonyl (C=O) groups is 1. The molecule has 1 unspecified atom stereocenters. The number of nitriles is 1. The predicted molar refractivity (Wildman–Crippen MR) is 153 cm³/mol. The van der Waals surface area contributed by atoms with E-state index in [-0.39, 0.29) is 17.7 Å². The Morgan fingerprint density at radius 2 is 1.59 bits per heavy atom. The molecular weight excluding hydrogens is 488 g/mol. The zero-order valence-corrected chi connectivity index (χ0v) is 22.1. The molecule has 1 atom stereocenters. The highest BCUT2D eigenvalue weighted by Gasteiger charge is 2.21. The molecule has 39 heavy (non-hydrogen) atoms. The van der Waals surface area contributed by atoms with Crippen LogP contribution in [0.4, 0.5) is 0 Å². The van der Waals surface area contributed by atoms with Gasteiger partial charge in [0.25, 0.3) is 0 Å². The maximum atomic E-state index is 11.1. The molecule has 0 amide bonds.